The Morgan fingerprint density at radius 2 is 2.00 bits per heavy atom. The van der Waals surface area contributed by atoms with Crippen molar-refractivity contribution in [2.75, 3.05) is 18.5 Å². The van der Waals surface area contributed by atoms with Gasteiger partial charge in [-0.15, -0.1) is 0 Å². The molecular weight excluding hydrogens is 262 g/mol. The summed E-state index contributed by atoms with van der Waals surface area (Å²) in [6.07, 6.45) is 0.252. The van der Waals surface area contributed by atoms with E-state index in [1.54, 1.807) is 24.3 Å². The van der Waals surface area contributed by atoms with E-state index in [0.717, 1.165) is 0 Å². The highest BCUT2D eigenvalue weighted by atomic mass is 16.6. The third-order valence-electron chi connectivity index (χ3n) is 2.54. The zero-order valence-corrected chi connectivity index (χ0v) is 11.0. The van der Waals surface area contributed by atoms with Gasteiger partial charge in [0.1, 0.15) is 19.5 Å². The Labute approximate surface area is 116 Å². The van der Waals surface area contributed by atoms with E-state index in [-0.39, 0.29) is 12.4 Å². The lowest BCUT2D eigenvalue weighted by Gasteiger charge is -2.17. The maximum atomic E-state index is 11.9. The van der Waals surface area contributed by atoms with Crippen LogP contribution in [0.25, 0.3) is 0 Å². The highest BCUT2D eigenvalue weighted by Crippen LogP contribution is 2.10. The lowest BCUT2D eigenvalue weighted by atomic mass is 10.3. The predicted octanol–water partition coefficient (Wildman–Crippen LogP) is 1.44. The molecule has 1 aliphatic rings. The molecule has 0 unspecified atom stereocenters. The van der Waals surface area contributed by atoms with E-state index in [9.17, 15) is 9.59 Å². The molecule has 0 spiro atoms. The Kier molecular flexibility index (Phi) is 4.60. The number of para-hydroxylation sites is 1. The number of carbonyl (C=O) groups is 2. The van der Waals surface area contributed by atoms with Crippen molar-refractivity contribution >= 4 is 17.6 Å². The second-order valence-electron chi connectivity index (χ2n) is 4.10. The molecule has 0 bridgehead atoms. The highest BCUT2D eigenvalue weighted by molar-refractivity contribution is 5.96. The molecule has 1 atom stereocenters. The molecule has 1 amide bonds. The molecule has 106 valence electrons. The van der Waals surface area contributed by atoms with Crippen LogP contribution < -0.4 is 5.32 Å². The lowest BCUT2D eigenvalue weighted by molar-refractivity contribution is -0.153. The normalized spacial score (nSPS) is 15.2. The fourth-order valence-corrected chi connectivity index (χ4v) is 1.51. The van der Waals surface area contributed by atoms with E-state index in [2.05, 4.69) is 5.32 Å². The first-order chi connectivity index (χ1) is 9.66. The van der Waals surface area contributed by atoms with Gasteiger partial charge in [-0.2, -0.15) is 0 Å². The smallest absolute Gasteiger partial charge is 0.377 e. The first kappa shape index (κ1) is 13.9. The summed E-state index contributed by atoms with van der Waals surface area (Å²) in [4.78, 5) is 23.5. The minimum Gasteiger partial charge on any atom is -0.493 e. The highest BCUT2D eigenvalue weighted by Gasteiger charge is 2.23. The third-order valence-corrected chi connectivity index (χ3v) is 2.54. The largest absolute Gasteiger partial charge is 0.493 e. The minimum absolute atomic E-state index is 0.0318. The average Bonchev–Trinajstić information content (AvgIpc) is 2.49. The second kappa shape index (κ2) is 6.60. The van der Waals surface area contributed by atoms with Gasteiger partial charge in [0.25, 0.3) is 5.91 Å². The van der Waals surface area contributed by atoms with Gasteiger partial charge >= 0.3 is 5.97 Å². The summed E-state index contributed by atoms with van der Waals surface area (Å²) in [5, 5.41) is 2.64. The summed E-state index contributed by atoms with van der Waals surface area (Å²) in [5.41, 5.74) is 0.636. The van der Waals surface area contributed by atoms with Gasteiger partial charge in [-0.1, -0.05) is 18.2 Å². The van der Waals surface area contributed by atoms with Crippen LogP contribution in [0, 0.1) is 0 Å². The number of carbonyl (C=O) groups excluding carboxylic acids is 2. The standard InChI is InChI=1S/C14H15NO5/c1-10(13(16)15-11-5-3-2-4-6-11)20-14(17)12-9-18-7-8-19-12/h2-6,9-10H,7-8H2,1H3,(H,15,16)/t10-/m1/s1. The summed E-state index contributed by atoms with van der Waals surface area (Å²) in [6, 6.07) is 8.92. The molecule has 6 heteroatoms. The molecule has 20 heavy (non-hydrogen) atoms. The van der Waals surface area contributed by atoms with E-state index in [1.165, 1.54) is 13.2 Å². The van der Waals surface area contributed by atoms with E-state index < -0.39 is 18.0 Å². The molecule has 2 rings (SSSR count). The number of nitrogens with one attached hydrogen (secondary N) is 1. The number of esters is 1. The Bertz CT molecular complexity index is 512. The van der Waals surface area contributed by atoms with Crippen molar-refractivity contribution in [1.29, 1.82) is 0 Å². The zero-order valence-electron chi connectivity index (χ0n) is 11.0. The maximum absolute atomic E-state index is 11.9. The van der Waals surface area contributed by atoms with Crippen molar-refractivity contribution in [3.8, 4) is 0 Å². The first-order valence-corrected chi connectivity index (χ1v) is 6.18. The Hall–Kier alpha value is -2.50. The molecule has 1 aliphatic heterocycles. The quantitative estimate of drug-likeness (QED) is 0.843. The van der Waals surface area contributed by atoms with Crippen LogP contribution in [0.1, 0.15) is 6.92 Å². The van der Waals surface area contributed by atoms with Crippen molar-refractivity contribution in [3.63, 3.8) is 0 Å². The van der Waals surface area contributed by atoms with E-state index in [0.29, 0.717) is 12.3 Å². The fraction of sp³-hybridized carbons (Fsp3) is 0.286. The molecule has 0 saturated heterocycles. The first-order valence-electron chi connectivity index (χ1n) is 6.18. The molecule has 1 aromatic rings. The Balaban J connectivity index is 1.87. The van der Waals surface area contributed by atoms with Gasteiger partial charge in [0.2, 0.25) is 5.76 Å². The summed E-state index contributed by atoms with van der Waals surface area (Å²) < 4.78 is 15.0. The fourth-order valence-electron chi connectivity index (χ4n) is 1.51. The number of hydrogen-bond donors (Lipinski definition) is 1. The van der Waals surface area contributed by atoms with Gasteiger partial charge in [0.05, 0.1) is 0 Å². The van der Waals surface area contributed by atoms with Gasteiger partial charge in [-0.3, -0.25) is 4.79 Å². The van der Waals surface area contributed by atoms with Crippen LogP contribution in [-0.4, -0.2) is 31.2 Å². The topological polar surface area (TPSA) is 73.9 Å². The molecule has 0 fully saturated rings. The molecule has 0 aliphatic carbocycles. The number of benzene rings is 1. The molecule has 0 aromatic heterocycles. The number of amides is 1. The molecule has 0 saturated carbocycles. The minimum atomic E-state index is -0.936. The summed E-state index contributed by atoms with van der Waals surface area (Å²) in [7, 11) is 0. The van der Waals surface area contributed by atoms with E-state index >= 15 is 0 Å². The Morgan fingerprint density at radius 3 is 2.65 bits per heavy atom. The molecule has 1 heterocycles. The molecular formula is C14H15NO5. The van der Waals surface area contributed by atoms with Gasteiger partial charge in [0, 0.05) is 5.69 Å². The molecule has 1 N–H and O–H groups in total. The lowest BCUT2D eigenvalue weighted by Crippen LogP contribution is -2.31. The number of rotatable bonds is 4. The molecule has 0 radical (unpaired) electrons. The van der Waals surface area contributed by atoms with Crippen LogP contribution in [0.3, 0.4) is 0 Å². The maximum Gasteiger partial charge on any atom is 0.377 e. The van der Waals surface area contributed by atoms with E-state index in [1.807, 2.05) is 6.07 Å². The van der Waals surface area contributed by atoms with Gasteiger partial charge in [-0.05, 0) is 19.1 Å². The van der Waals surface area contributed by atoms with Gasteiger partial charge < -0.3 is 19.5 Å². The number of hydrogen-bond acceptors (Lipinski definition) is 5. The van der Waals surface area contributed by atoms with Crippen molar-refractivity contribution in [3.05, 3.63) is 42.4 Å². The van der Waals surface area contributed by atoms with Crippen molar-refractivity contribution in [1.82, 2.24) is 0 Å². The van der Waals surface area contributed by atoms with Crippen molar-refractivity contribution in [2.24, 2.45) is 0 Å². The van der Waals surface area contributed by atoms with Crippen LogP contribution in [0.15, 0.2) is 42.4 Å². The van der Waals surface area contributed by atoms with Crippen molar-refractivity contribution < 1.29 is 23.8 Å². The van der Waals surface area contributed by atoms with Crippen molar-refractivity contribution in [2.45, 2.75) is 13.0 Å². The van der Waals surface area contributed by atoms with Gasteiger partial charge in [0.15, 0.2) is 6.10 Å². The third kappa shape index (κ3) is 3.74. The number of ether oxygens (including phenoxy) is 3. The van der Waals surface area contributed by atoms with Crippen LogP contribution in [-0.2, 0) is 23.8 Å². The van der Waals surface area contributed by atoms with Crippen LogP contribution in [0.2, 0.25) is 0 Å². The average molecular weight is 277 g/mol. The van der Waals surface area contributed by atoms with E-state index in [4.69, 9.17) is 14.2 Å². The Morgan fingerprint density at radius 1 is 1.25 bits per heavy atom. The monoisotopic (exact) mass is 277 g/mol. The summed E-state index contributed by atoms with van der Waals surface area (Å²) in [6.45, 7) is 2.16. The SMILES string of the molecule is C[C@@H](OC(=O)C1=COCCO1)C(=O)Nc1ccccc1. The molecule has 1 aromatic carbocycles. The summed E-state index contributed by atoms with van der Waals surface area (Å²) in [5.74, 6) is -1.17. The zero-order chi connectivity index (χ0) is 14.4. The van der Waals surface area contributed by atoms with Crippen LogP contribution in [0.4, 0.5) is 5.69 Å². The summed E-state index contributed by atoms with van der Waals surface area (Å²) >= 11 is 0. The number of anilines is 1. The van der Waals surface area contributed by atoms with Crippen LogP contribution in [0.5, 0.6) is 0 Å². The van der Waals surface area contributed by atoms with Gasteiger partial charge in [-0.25, -0.2) is 4.79 Å². The second-order valence-corrected chi connectivity index (χ2v) is 4.10. The molecule has 6 nitrogen and oxygen atoms in total. The van der Waals surface area contributed by atoms with Crippen LogP contribution >= 0.6 is 0 Å². The predicted molar refractivity (Wildman–Crippen MR) is 70.6 cm³/mol.